The Balaban J connectivity index is 1.23. The van der Waals surface area contributed by atoms with Gasteiger partial charge in [-0.15, -0.1) is 0 Å². The van der Waals surface area contributed by atoms with Crippen molar-refractivity contribution in [3.8, 4) is 0 Å². The van der Waals surface area contributed by atoms with Crippen LogP contribution in [0.4, 0.5) is 0 Å². The fourth-order valence-electron chi connectivity index (χ4n) is 6.11. The molecule has 0 spiro atoms. The Bertz CT molecular complexity index is 559. The minimum atomic E-state index is 0.248. The molecule has 3 heterocycles. The molecule has 0 N–H and O–H groups in total. The maximum atomic E-state index is 12.8. The van der Waals surface area contributed by atoms with Crippen LogP contribution in [-0.2, 0) is 9.59 Å². The predicted octanol–water partition coefficient (Wildman–Crippen LogP) is 5.62. The van der Waals surface area contributed by atoms with E-state index in [0.717, 1.165) is 77.8 Å². The first-order chi connectivity index (χ1) is 16.2. The van der Waals surface area contributed by atoms with E-state index in [1.165, 1.54) is 70.6 Å². The summed E-state index contributed by atoms with van der Waals surface area (Å²) in [6.45, 7) is 8.18. The average Bonchev–Trinajstić information content (AvgIpc) is 2.88. The van der Waals surface area contributed by atoms with E-state index in [1.807, 2.05) is 0 Å². The molecule has 0 bridgehead atoms. The van der Waals surface area contributed by atoms with Gasteiger partial charge in [0, 0.05) is 44.6 Å². The zero-order valence-corrected chi connectivity index (χ0v) is 21.6. The molecule has 5 nitrogen and oxygen atoms in total. The molecule has 3 aliphatic rings. The highest BCUT2D eigenvalue weighted by molar-refractivity contribution is 5.79. The summed E-state index contributed by atoms with van der Waals surface area (Å²) in [5, 5.41) is 0. The molecule has 0 atom stereocenters. The summed E-state index contributed by atoms with van der Waals surface area (Å²) in [4.78, 5) is 32.3. The highest BCUT2D eigenvalue weighted by Crippen LogP contribution is 2.26. The molecule has 2 amide bonds. The molecule has 3 saturated heterocycles. The van der Waals surface area contributed by atoms with E-state index in [1.54, 1.807) is 0 Å². The molecule has 0 saturated carbocycles. The standard InChI is InChI=1S/C28H51N3O2/c1-2-3-4-5-6-7-8-9-11-14-27(32)30-23-17-26(18-24-30)29-21-15-25(16-22-29)28(33)31-19-12-10-13-20-31/h25-26H,2-24H2,1H3. The van der Waals surface area contributed by atoms with Crippen LogP contribution < -0.4 is 0 Å². The monoisotopic (exact) mass is 461 g/mol. The first-order valence-corrected chi connectivity index (χ1v) is 14.5. The van der Waals surface area contributed by atoms with Gasteiger partial charge >= 0.3 is 0 Å². The molecule has 0 unspecified atom stereocenters. The van der Waals surface area contributed by atoms with Crippen LogP contribution in [0.3, 0.4) is 0 Å². The number of rotatable bonds is 12. The fraction of sp³-hybridized carbons (Fsp3) is 0.929. The Labute approximate surface area is 203 Å². The molecule has 0 aromatic rings. The van der Waals surface area contributed by atoms with Crippen molar-refractivity contribution in [1.29, 1.82) is 0 Å². The summed E-state index contributed by atoms with van der Waals surface area (Å²) in [6, 6.07) is 0.604. The van der Waals surface area contributed by atoms with Gasteiger partial charge in [0.05, 0.1) is 0 Å². The zero-order valence-electron chi connectivity index (χ0n) is 21.6. The summed E-state index contributed by atoms with van der Waals surface area (Å²) in [6.07, 6.45) is 20.4. The molecule has 3 fully saturated rings. The van der Waals surface area contributed by atoms with Crippen LogP contribution in [0.5, 0.6) is 0 Å². The largest absolute Gasteiger partial charge is 0.343 e. The van der Waals surface area contributed by atoms with Crippen molar-refractivity contribution in [2.45, 2.75) is 122 Å². The minimum Gasteiger partial charge on any atom is -0.343 e. The van der Waals surface area contributed by atoms with Crippen molar-refractivity contribution in [1.82, 2.24) is 14.7 Å². The molecular formula is C28H51N3O2. The summed E-state index contributed by atoms with van der Waals surface area (Å²) in [5.74, 6) is 1.05. The second-order valence-electron chi connectivity index (χ2n) is 10.9. The summed E-state index contributed by atoms with van der Waals surface area (Å²) >= 11 is 0. The summed E-state index contributed by atoms with van der Waals surface area (Å²) in [7, 11) is 0. The van der Waals surface area contributed by atoms with E-state index in [0.29, 0.717) is 17.9 Å². The van der Waals surface area contributed by atoms with Crippen molar-refractivity contribution < 1.29 is 9.59 Å². The fourth-order valence-corrected chi connectivity index (χ4v) is 6.11. The smallest absolute Gasteiger partial charge is 0.225 e. The number of hydrogen-bond donors (Lipinski definition) is 0. The molecule has 3 aliphatic heterocycles. The lowest BCUT2D eigenvalue weighted by molar-refractivity contribution is -0.139. The summed E-state index contributed by atoms with van der Waals surface area (Å²) < 4.78 is 0. The highest BCUT2D eigenvalue weighted by atomic mass is 16.2. The number of hydrogen-bond acceptors (Lipinski definition) is 3. The van der Waals surface area contributed by atoms with E-state index in [9.17, 15) is 9.59 Å². The Morgan fingerprint density at radius 1 is 0.636 bits per heavy atom. The van der Waals surface area contributed by atoms with Gasteiger partial charge in [0.25, 0.3) is 0 Å². The van der Waals surface area contributed by atoms with Gasteiger partial charge in [0.2, 0.25) is 11.8 Å². The van der Waals surface area contributed by atoms with E-state index < -0.39 is 0 Å². The average molecular weight is 462 g/mol. The van der Waals surface area contributed by atoms with Crippen LogP contribution in [-0.4, -0.2) is 71.8 Å². The summed E-state index contributed by atoms with van der Waals surface area (Å²) in [5.41, 5.74) is 0. The maximum absolute atomic E-state index is 12.8. The molecule has 190 valence electrons. The third-order valence-corrected chi connectivity index (χ3v) is 8.37. The lowest BCUT2D eigenvalue weighted by atomic mass is 9.91. The minimum absolute atomic E-state index is 0.248. The Hall–Kier alpha value is -1.10. The molecule has 5 heteroatoms. The third-order valence-electron chi connectivity index (χ3n) is 8.37. The van der Waals surface area contributed by atoms with Gasteiger partial charge in [-0.3, -0.25) is 9.59 Å². The van der Waals surface area contributed by atoms with Gasteiger partial charge in [0.15, 0.2) is 0 Å². The van der Waals surface area contributed by atoms with Crippen molar-refractivity contribution in [2.24, 2.45) is 5.92 Å². The number of piperidine rings is 3. The Kier molecular flexibility index (Phi) is 12.1. The van der Waals surface area contributed by atoms with Crippen molar-refractivity contribution in [2.75, 3.05) is 39.3 Å². The number of unbranched alkanes of at least 4 members (excludes halogenated alkanes) is 8. The number of likely N-dealkylation sites (tertiary alicyclic amines) is 3. The third kappa shape index (κ3) is 8.88. The van der Waals surface area contributed by atoms with E-state index in [4.69, 9.17) is 0 Å². The van der Waals surface area contributed by atoms with Crippen molar-refractivity contribution >= 4 is 11.8 Å². The Morgan fingerprint density at radius 2 is 1.21 bits per heavy atom. The van der Waals surface area contributed by atoms with Gasteiger partial charge in [0.1, 0.15) is 0 Å². The SMILES string of the molecule is CCCCCCCCCCCC(=O)N1CCC(N2CCC(C(=O)N3CCCCC3)CC2)CC1. The van der Waals surface area contributed by atoms with Gasteiger partial charge in [-0.05, 0) is 64.5 Å². The first-order valence-electron chi connectivity index (χ1n) is 14.5. The van der Waals surface area contributed by atoms with Gasteiger partial charge < -0.3 is 14.7 Å². The molecule has 0 aromatic carbocycles. The second kappa shape index (κ2) is 15.0. The Morgan fingerprint density at radius 3 is 1.82 bits per heavy atom. The molecule has 0 aliphatic carbocycles. The van der Waals surface area contributed by atoms with E-state index in [-0.39, 0.29) is 5.92 Å². The van der Waals surface area contributed by atoms with Crippen molar-refractivity contribution in [3.63, 3.8) is 0 Å². The maximum Gasteiger partial charge on any atom is 0.225 e. The van der Waals surface area contributed by atoms with Crippen molar-refractivity contribution in [3.05, 3.63) is 0 Å². The normalized spacial score (nSPS) is 21.5. The van der Waals surface area contributed by atoms with Gasteiger partial charge in [-0.2, -0.15) is 0 Å². The molecule has 3 rings (SSSR count). The highest BCUT2D eigenvalue weighted by Gasteiger charge is 2.33. The van der Waals surface area contributed by atoms with Crippen LogP contribution >= 0.6 is 0 Å². The number of nitrogens with zero attached hydrogens (tertiary/aromatic N) is 3. The van der Waals surface area contributed by atoms with E-state index >= 15 is 0 Å². The van der Waals surface area contributed by atoms with Crippen LogP contribution in [0, 0.1) is 5.92 Å². The number of carbonyl (C=O) groups excluding carboxylic acids is 2. The van der Waals surface area contributed by atoms with Crippen LogP contribution in [0.2, 0.25) is 0 Å². The van der Waals surface area contributed by atoms with Gasteiger partial charge in [-0.25, -0.2) is 0 Å². The van der Waals surface area contributed by atoms with E-state index in [2.05, 4.69) is 21.6 Å². The lowest BCUT2D eigenvalue weighted by Gasteiger charge is -2.42. The molecule has 33 heavy (non-hydrogen) atoms. The number of carbonyl (C=O) groups is 2. The topological polar surface area (TPSA) is 43.9 Å². The van der Waals surface area contributed by atoms with Crippen LogP contribution in [0.25, 0.3) is 0 Å². The quantitative estimate of drug-likeness (QED) is 0.354. The number of amides is 2. The lowest BCUT2D eigenvalue weighted by Crippen LogP contribution is -2.50. The van der Waals surface area contributed by atoms with Crippen LogP contribution in [0.15, 0.2) is 0 Å². The van der Waals surface area contributed by atoms with Crippen LogP contribution in [0.1, 0.15) is 116 Å². The molecule has 0 aromatic heterocycles. The molecular weight excluding hydrogens is 410 g/mol. The second-order valence-corrected chi connectivity index (χ2v) is 10.9. The first kappa shape index (κ1) is 26.5. The molecule has 0 radical (unpaired) electrons. The van der Waals surface area contributed by atoms with Gasteiger partial charge in [-0.1, -0.05) is 58.3 Å². The zero-order chi connectivity index (χ0) is 23.3. The predicted molar refractivity (Wildman–Crippen MR) is 136 cm³/mol.